The molecule has 7 nitrogen and oxygen atoms in total. The topological polar surface area (TPSA) is 93.9 Å². The molecule has 1 N–H and O–H groups in total. The van der Waals surface area contributed by atoms with Gasteiger partial charge in [-0.2, -0.15) is 5.10 Å². The standard InChI is InChI=1S/C23H26N4O3S/c1-13-4-5-14(2)19(10-13)25-23(28)18-11-20(16-6-7-16)24-22-21(18)15(3)26-27(22)17-8-9-31(29,30)12-17/h4-5,10-11,16-17H,6-9,12H2,1-3H3,(H,25,28). The van der Waals surface area contributed by atoms with Crippen molar-refractivity contribution in [1.29, 1.82) is 0 Å². The molecule has 1 unspecified atom stereocenters. The van der Waals surface area contributed by atoms with Gasteiger partial charge in [0.25, 0.3) is 5.91 Å². The van der Waals surface area contributed by atoms with E-state index in [1.165, 1.54) is 0 Å². The van der Waals surface area contributed by atoms with Gasteiger partial charge in [0, 0.05) is 17.3 Å². The summed E-state index contributed by atoms with van der Waals surface area (Å²) in [4.78, 5) is 18.3. The van der Waals surface area contributed by atoms with Crippen molar-refractivity contribution >= 4 is 32.5 Å². The third-order valence-corrected chi connectivity index (χ3v) is 8.04. The Morgan fingerprint density at radius 2 is 1.90 bits per heavy atom. The molecule has 1 amide bonds. The van der Waals surface area contributed by atoms with Crippen LogP contribution in [-0.4, -0.2) is 40.6 Å². The van der Waals surface area contributed by atoms with Gasteiger partial charge in [0.2, 0.25) is 0 Å². The number of carbonyl (C=O) groups excluding carboxylic acids is 1. The maximum absolute atomic E-state index is 13.4. The maximum Gasteiger partial charge on any atom is 0.256 e. The monoisotopic (exact) mass is 438 g/mol. The molecule has 31 heavy (non-hydrogen) atoms. The maximum atomic E-state index is 13.4. The van der Waals surface area contributed by atoms with E-state index in [2.05, 4.69) is 10.4 Å². The normalized spacial score (nSPS) is 20.3. The van der Waals surface area contributed by atoms with Gasteiger partial charge < -0.3 is 5.32 Å². The van der Waals surface area contributed by atoms with E-state index in [1.807, 2.05) is 45.0 Å². The van der Waals surface area contributed by atoms with Crippen molar-refractivity contribution in [1.82, 2.24) is 14.8 Å². The summed E-state index contributed by atoms with van der Waals surface area (Å²) in [5, 5.41) is 8.42. The molecule has 2 fully saturated rings. The average molecular weight is 439 g/mol. The number of nitrogens with zero attached hydrogens (tertiary/aromatic N) is 3. The van der Waals surface area contributed by atoms with Crippen molar-refractivity contribution in [2.24, 2.45) is 0 Å². The lowest BCUT2D eigenvalue weighted by atomic mass is 10.1. The van der Waals surface area contributed by atoms with Gasteiger partial charge in [-0.05, 0) is 63.3 Å². The number of hydrogen-bond acceptors (Lipinski definition) is 5. The zero-order valence-corrected chi connectivity index (χ0v) is 18.8. The van der Waals surface area contributed by atoms with Gasteiger partial charge in [0.05, 0.1) is 34.2 Å². The van der Waals surface area contributed by atoms with E-state index in [-0.39, 0.29) is 23.5 Å². The number of nitrogens with one attached hydrogen (secondary N) is 1. The fourth-order valence-corrected chi connectivity index (χ4v) is 6.07. The highest BCUT2D eigenvalue weighted by Crippen LogP contribution is 2.41. The Balaban J connectivity index is 1.62. The SMILES string of the molecule is Cc1ccc(C)c(NC(=O)c2cc(C3CC3)nc3c2c(C)nn3C2CCS(=O)(=O)C2)c1. The largest absolute Gasteiger partial charge is 0.322 e. The Hall–Kier alpha value is -2.74. The molecule has 2 aliphatic rings. The van der Waals surface area contributed by atoms with Gasteiger partial charge in [0.1, 0.15) is 0 Å². The molecule has 5 rings (SSSR count). The Morgan fingerprint density at radius 3 is 2.58 bits per heavy atom. The van der Waals surface area contributed by atoms with E-state index >= 15 is 0 Å². The first kappa shape index (κ1) is 20.2. The quantitative estimate of drug-likeness (QED) is 0.668. The number of hydrogen-bond donors (Lipinski definition) is 1. The lowest BCUT2D eigenvalue weighted by Gasteiger charge is -2.13. The number of fused-ring (bicyclic) bond motifs is 1. The summed E-state index contributed by atoms with van der Waals surface area (Å²) >= 11 is 0. The van der Waals surface area contributed by atoms with Crippen molar-refractivity contribution in [3.05, 3.63) is 52.3 Å². The molecule has 1 saturated heterocycles. The minimum absolute atomic E-state index is 0.0720. The molecule has 1 aliphatic carbocycles. The number of benzene rings is 1. The number of pyridine rings is 1. The van der Waals surface area contributed by atoms with E-state index in [9.17, 15) is 13.2 Å². The predicted octanol–water partition coefficient (Wildman–Crippen LogP) is 3.85. The Kier molecular flexibility index (Phi) is 4.66. The van der Waals surface area contributed by atoms with Crippen molar-refractivity contribution in [2.45, 2.75) is 52.0 Å². The second-order valence-corrected chi connectivity index (χ2v) is 11.2. The smallest absolute Gasteiger partial charge is 0.256 e. The molecule has 8 heteroatoms. The number of sulfone groups is 1. The van der Waals surface area contributed by atoms with Crippen LogP contribution in [0, 0.1) is 20.8 Å². The summed E-state index contributed by atoms with van der Waals surface area (Å²) in [6, 6.07) is 7.63. The fourth-order valence-electron chi connectivity index (χ4n) is 4.38. The summed E-state index contributed by atoms with van der Waals surface area (Å²) in [6.45, 7) is 5.82. The molecule has 1 atom stereocenters. The van der Waals surface area contributed by atoms with E-state index in [1.54, 1.807) is 4.68 Å². The molecule has 0 bridgehead atoms. The van der Waals surface area contributed by atoms with E-state index < -0.39 is 9.84 Å². The first-order valence-corrected chi connectivity index (χ1v) is 12.5. The Morgan fingerprint density at radius 1 is 1.13 bits per heavy atom. The van der Waals surface area contributed by atoms with Crippen LogP contribution >= 0.6 is 0 Å². The second kappa shape index (κ2) is 7.15. The highest BCUT2D eigenvalue weighted by Gasteiger charge is 2.34. The molecule has 3 aromatic rings. The molecule has 1 saturated carbocycles. The van der Waals surface area contributed by atoms with Crippen LogP contribution in [0.3, 0.4) is 0 Å². The van der Waals surface area contributed by atoms with E-state index in [0.29, 0.717) is 34.6 Å². The van der Waals surface area contributed by atoms with Gasteiger partial charge in [-0.25, -0.2) is 18.1 Å². The molecule has 0 spiro atoms. The first-order chi connectivity index (χ1) is 14.7. The van der Waals surface area contributed by atoms with E-state index in [0.717, 1.165) is 35.3 Å². The zero-order chi connectivity index (χ0) is 21.9. The average Bonchev–Trinajstić information content (AvgIpc) is 3.43. The van der Waals surface area contributed by atoms with Gasteiger partial charge in [-0.15, -0.1) is 0 Å². The van der Waals surface area contributed by atoms with Crippen LogP contribution in [-0.2, 0) is 9.84 Å². The molecule has 3 heterocycles. The minimum Gasteiger partial charge on any atom is -0.322 e. The summed E-state index contributed by atoms with van der Waals surface area (Å²) in [6.07, 6.45) is 2.64. The predicted molar refractivity (Wildman–Crippen MR) is 120 cm³/mol. The van der Waals surface area contributed by atoms with E-state index in [4.69, 9.17) is 4.98 Å². The van der Waals surface area contributed by atoms with Gasteiger partial charge in [0.15, 0.2) is 15.5 Å². The number of anilines is 1. The molecular formula is C23H26N4O3S. The molecule has 1 aromatic carbocycles. The number of rotatable bonds is 4. The van der Waals surface area contributed by atoms with Gasteiger partial charge in [-0.1, -0.05) is 12.1 Å². The van der Waals surface area contributed by atoms with Crippen LogP contribution in [0.2, 0.25) is 0 Å². The van der Waals surface area contributed by atoms with Crippen molar-refractivity contribution in [3.63, 3.8) is 0 Å². The Labute approximate surface area is 181 Å². The molecule has 162 valence electrons. The molecule has 2 aromatic heterocycles. The van der Waals surface area contributed by atoms with Crippen molar-refractivity contribution < 1.29 is 13.2 Å². The zero-order valence-electron chi connectivity index (χ0n) is 18.0. The third-order valence-electron chi connectivity index (χ3n) is 6.29. The fraction of sp³-hybridized carbons (Fsp3) is 0.435. The van der Waals surface area contributed by atoms with Crippen molar-refractivity contribution in [2.75, 3.05) is 16.8 Å². The number of amides is 1. The first-order valence-electron chi connectivity index (χ1n) is 10.7. The van der Waals surface area contributed by atoms with Crippen molar-refractivity contribution in [3.8, 4) is 0 Å². The van der Waals surface area contributed by atoms with Crippen LogP contribution < -0.4 is 5.32 Å². The minimum atomic E-state index is -3.06. The molecule has 0 radical (unpaired) electrons. The summed E-state index contributed by atoms with van der Waals surface area (Å²) in [5.41, 5.74) is 5.62. The molecule has 1 aliphatic heterocycles. The summed E-state index contributed by atoms with van der Waals surface area (Å²) in [7, 11) is -3.06. The highest BCUT2D eigenvalue weighted by atomic mass is 32.2. The third kappa shape index (κ3) is 3.73. The number of aromatic nitrogens is 3. The second-order valence-electron chi connectivity index (χ2n) is 8.93. The van der Waals surface area contributed by atoms with Crippen LogP contribution in [0.25, 0.3) is 11.0 Å². The van der Waals surface area contributed by atoms with Crippen LogP contribution in [0.5, 0.6) is 0 Å². The van der Waals surface area contributed by atoms with Crippen LogP contribution in [0.15, 0.2) is 24.3 Å². The summed E-state index contributed by atoms with van der Waals surface area (Å²) in [5.74, 6) is 0.403. The Bertz CT molecular complexity index is 1320. The number of carbonyl (C=O) groups is 1. The van der Waals surface area contributed by atoms with Gasteiger partial charge >= 0.3 is 0 Å². The lowest BCUT2D eigenvalue weighted by molar-refractivity contribution is 0.102. The van der Waals surface area contributed by atoms with Crippen LogP contribution in [0.1, 0.15) is 64.1 Å². The number of aryl methyl sites for hydroxylation is 3. The highest BCUT2D eigenvalue weighted by molar-refractivity contribution is 7.91. The summed E-state index contributed by atoms with van der Waals surface area (Å²) < 4.78 is 25.9. The molecular weight excluding hydrogens is 412 g/mol. The van der Waals surface area contributed by atoms with Crippen LogP contribution in [0.4, 0.5) is 5.69 Å². The van der Waals surface area contributed by atoms with Gasteiger partial charge in [-0.3, -0.25) is 4.79 Å². The lowest BCUT2D eigenvalue weighted by Crippen LogP contribution is -2.16.